The summed E-state index contributed by atoms with van der Waals surface area (Å²) in [6, 6.07) is 0.413. The molecule has 98 valence electrons. The number of nitro groups is 1. The van der Waals surface area contributed by atoms with Gasteiger partial charge in [0.2, 0.25) is 0 Å². The van der Waals surface area contributed by atoms with E-state index in [1.54, 1.807) is 6.92 Å². The number of pyridine rings is 1. The summed E-state index contributed by atoms with van der Waals surface area (Å²) >= 11 is 5.35. The highest BCUT2D eigenvalue weighted by Gasteiger charge is 2.20. The van der Waals surface area contributed by atoms with E-state index in [1.165, 1.54) is 6.20 Å². The molecule has 1 N–H and O–H groups in total. The number of thioether (sulfide) groups is 1. The van der Waals surface area contributed by atoms with Crippen molar-refractivity contribution in [1.29, 1.82) is 0 Å². The van der Waals surface area contributed by atoms with Gasteiger partial charge in [0, 0.05) is 11.6 Å². The summed E-state index contributed by atoms with van der Waals surface area (Å²) in [6.07, 6.45) is 3.53. The zero-order chi connectivity index (χ0) is 13.1. The van der Waals surface area contributed by atoms with Crippen molar-refractivity contribution in [3.63, 3.8) is 0 Å². The van der Waals surface area contributed by atoms with E-state index in [9.17, 15) is 10.1 Å². The summed E-state index contributed by atoms with van der Waals surface area (Å²) < 4.78 is 0.690. The van der Waals surface area contributed by atoms with Crippen molar-refractivity contribution in [2.24, 2.45) is 0 Å². The summed E-state index contributed by atoms with van der Waals surface area (Å²) in [5.41, 5.74) is 0.661. The summed E-state index contributed by atoms with van der Waals surface area (Å²) in [6.45, 7) is 1.73. The second kappa shape index (κ2) is 5.88. The maximum absolute atomic E-state index is 10.8. The first-order valence-corrected chi connectivity index (χ1v) is 7.68. The maximum Gasteiger partial charge on any atom is 0.291 e. The molecule has 1 aliphatic rings. The molecule has 0 spiro atoms. The Kier molecular flexibility index (Phi) is 4.45. The Labute approximate surface area is 118 Å². The van der Waals surface area contributed by atoms with Gasteiger partial charge >= 0.3 is 0 Å². The van der Waals surface area contributed by atoms with Gasteiger partial charge in [-0.3, -0.25) is 10.1 Å². The predicted molar refractivity (Wildman–Crippen MR) is 77.3 cm³/mol. The van der Waals surface area contributed by atoms with Crippen LogP contribution < -0.4 is 5.32 Å². The molecule has 2 rings (SSSR count). The first-order chi connectivity index (χ1) is 8.59. The third-order valence-electron chi connectivity index (χ3n) is 3.00. The van der Waals surface area contributed by atoms with E-state index in [2.05, 4.69) is 26.2 Å². The van der Waals surface area contributed by atoms with Crippen molar-refractivity contribution in [1.82, 2.24) is 4.98 Å². The van der Waals surface area contributed by atoms with Gasteiger partial charge in [0.1, 0.15) is 12.0 Å². The highest BCUT2D eigenvalue weighted by molar-refractivity contribution is 9.10. The number of rotatable bonds is 3. The average molecular weight is 332 g/mol. The number of nitrogens with zero attached hydrogens (tertiary/aromatic N) is 2. The van der Waals surface area contributed by atoms with E-state index >= 15 is 0 Å². The molecule has 2 heterocycles. The molecule has 0 amide bonds. The lowest BCUT2D eigenvalue weighted by Crippen LogP contribution is -2.25. The van der Waals surface area contributed by atoms with Crippen LogP contribution in [0.15, 0.2) is 10.7 Å². The van der Waals surface area contributed by atoms with Crippen LogP contribution in [-0.4, -0.2) is 27.5 Å². The molecule has 1 saturated heterocycles. The molecule has 0 bridgehead atoms. The van der Waals surface area contributed by atoms with E-state index in [4.69, 9.17) is 0 Å². The summed E-state index contributed by atoms with van der Waals surface area (Å²) in [7, 11) is 0. The molecule has 1 aromatic heterocycles. The zero-order valence-electron chi connectivity index (χ0n) is 9.98. The van der Waals surface area contributed by atoms with Gasteiger partial charge in [0.15, 0.2) is 0 Å². The third kappa shape index (κ3) is 2.95. The van der Waals surface area contributed by atoms with Crippen molar-refractivity contribution in [3.8, 4) is 0 Å². The van der Waals surface area contributed by atoms with Crippen molar-refractivity contribution in [3.05, 3.63) is 26.3 Å². The highest BCUT2D eigenvalue weighted by atomic mass is 79.9. The molecular formula is C11H14BrN3O2S. The highest BCUT2D eigenvalue weighted by Crippen LogP contribution is 2.32. The minimum Gasteiger partial charge on any atom is -0.366 e. The number of hydrogen-bond acceptors (Lipinski definition) is 5. The normalized spacial score (nSPS) is 16.6. The lowest BCUT2D eigenvalue weighted by molar-refractivity contribution is -0.385. The van der Waals surface area contributed by atoms with Gasteiger partial charge in [-0.15, -0.1) is 0 Å². The topological polar surface area (TPSA) is 68.1 Å². The number of hydrogen-bond donors (Lipinski definition) is 1. The Bertz CT molecular complexity index is 464. The van der Waals surface area contributed by atoms with Crippen LogP contribution in [0.4, 0.5) is 11.5 Å². The fourth-order valence-corrected chi connectivity index (χ4v) is 3.42. The van der Waals surface area contributed by atoms with E-state index < -0.39 is 4.92 Å². The van der Waals surface area contributed by atoms with E-state index in [-0.39, 0.29) is 5.69 Å². The summed E-state index contributed by atoms with van der Waals surface area (Å²) in [5.74, 6) is 3.01. The molecule has 5 nitrogen and oxygen atoms in total. The molecule has 0 aliphatic carbocycles. The minimum absolute atomic E-state index is 0.0478. The molecule has 1 aliphatic heterocycles. The van der Waals surface area contributed by atoms with E-state index in [0.717, 1.165) is 24.3 Å². The lowest BCUT2D eigenvalue weighted by atomic mass is 10.1. The van der Waals surface area contributed by atoms with Crippen LogP contribution in [0.3, 0.4) is 0 Å². The third-order valence-corrected chi connectivity index (χ3v) is 5.02. The van der Waals surface area contributed by atoms with Crippen LogP contribution in [0.2, 0.25) is 0 Å². The first kappa shape index (κ1) is 13.6. The lowest BCUT2D eigenvalue weighted by Gasteiger charge is -2.23. The Morgan fingerprint density at radius 1 is 1.56 bits per heavy atom. The second-order valence-electron chi connectivity index (χ2n) is 4.22. The van der Waals surface area contributed by atoms with Gasteiger partial charge < -0.3 is 5.32 Å². The van der Waals surface area contributed by atoms with Gasteiger partial charge in [0.05, 0.1) is 9.40 Å². The van der Waals surface area contributed by atoms with Gasteiger partial charge in [-0.05, 0) is 47.2 Å². The van der Waals surface area contributed by atoms with Gasteiger partial charge in [0.25, 0.3) is 5.69 Å². The molecule has 0 atom stereocenters. The fourth-order valence-electron chi connectivity index (χ4n) is 1.89. The molecule has 0 radical (unpaired) electrons. The maximum atomic E-state index is 10.8. The molecular weight excluding hydrogens is 318 g/mol. The quantitative estimate of drug-likeness (QED) is 0.679. The van der Waals surface area contributed by atoms with E-state index in [1.807, 2.05) is 11.8 Å². The van der Waals surface area contributed by atoms with Crippen LogP contribution in [-0.2, 0) is 0 Å². The van der Waals surface area contributed by atoms with Crippen molar-refractivity contribution in [2.45, 2.75) is 25.8 Å². The standard InChI is InChI=1S/C11H14BrN3O2S/c1-7-9(15(16)17)6-13-11(10(7)12)14-8-2-4-18-5-3-8/h6,8H,2-5H2,1H3,(H,13,14). The summed E-state index contributed by atoms with van der Waals surface area (Å²) in [5, 5.41) is 14.2. The van der Waals surface area contributed by atoms with Gasteiger partial charge in [-0.1, -0.05) is 0 Å². The second-order valence-corrected chi connectivity index (χ2v) is 6.24. The van der Waals surface area contributed by atoms with Gasteiger partial charge in [-0.25, -0.2) is 4.98 Å². The smallest absolute Gasteiger partial charge is 0.291 e. The number of aromatic nitrogens is 1. The van der Waals surface area contributed by atoms with Crippen LogP contribution in [0, 0.1) is 17.0 Å². The molecule has 7 heteroatoms. The van der Waals surface area contributed by atoms with E-state index in [0.29, 0.717) is 21.9 Å². The predicted octanol–water partition coefficient (Wildman–Crippen LogP) is 3.37. The monoisotopic (exact) mass is 331 g/mol. The molecule has 1 aromatic rings. The fraction of sp³-hybridized carbons (Fsp3) is 0.545. The average Bonchev–Trinajstić information content (AvgIpc) is 2.36. The Hall–Kier alpha value is -0.820. The van der Waals surface area contributed by atoms with Crippen LogP contribution >= 0.6 is 27.7 Å². The largest absolute Gasteiger partial charge is 0.366 e. The van der Waals surface area contributed by atoms with Crippen molar-refractivity contribution < 1.29 is 4.92 Å². The molecule has 0 saturated carbocycles. The van der Waals surface area contributed by atoms with Gasteiger partial charge in [-0.2, -0.15) is 11.8 Å². The Balaban J connectivity index is 2.18. The van der Waals surface area contributed by atoms with Crippen LogP contribution in [0.5, 0.6) is 0 Å². The minimum atomic E-state index is -0.409. The number of nitrogens with one attached hydrogen (secondary N) is 1. The molecule has 18 heavy (non-hydrogen) atoms. The molecule has 0 unspecified atom stereocenters. The molecule has 1 fully saturated rings. The zero-order valence-corrected chi connectivity index (χ0v) is 12.4. The van der Waals surface area contributed by atoms with Crippen molar-refractivity contribution in [2.75, 3.05) is 16.8 Å². The Morgan fingerprint density at radius 2 is 2.22 bits per heavy atom. The summed E-state index contributed by atoms with van der Waals surface area (Å²) in [4.78, 5) is 14.5. The van der Waals surface area contributed by atoms with Crippen LogP contribution in [0.1, 0.15) is 18.4 Å². The molecule has 0 aromatic carbocycles. The SMILES string of the molecule is Cc1c([N+](=O)[O-])cnc(NC2CCSCC2)c1Br. The number of halogens is 1. The first-order valence-electron chi connectivity index (χ1n) is 5.73. The Morgan fingerprint density at radius 3 is 2.83 bits per heavy atom. The van der Waals surface area contributed by atoms with Crippen molar-refractivity contribution >= 4 is 39.2 Å². The number of anilines is 1. The van der Waals surface area contributed by atoms with Crippen LogP contribution in [0.25, 0.3) is 0 Å².